The highest BCUT2D eigenvalue weighted by molar-refractivity contribution is 5.72. The van der Waals surface area contributed by atoms with Crippen LogP contribution in [0.5, 0.6) is 0 Å². The Labute approximate surface area is 72.7 Å². The second-order valence-electron chi connectivity index (χ2n) is 2.76. The fourth-order valence-electron chi connectivity index (χ4n) is 0.952. The fraction of sp³-hybridized carbons (Fsp3) is 0.750. The minimum absolute atomic E-state index is 0.0537. The van der Waals surface area contributed by atoms with Crippen molar-refractivity contribution < 1.29 is 9.59 Å². The van der Waals surface area contributed by atoms with Crippen molar-refractivity contribution in [1.29, 1.82) is 0 Å². The molecule has 70 valence electrons. The van der Waals surface area contributed by atoms with Crippen molar-refractivity contribution in [3.8, 4) is 0 Å². The Morgan fingerprint density at radius 2 is 2.17 bits per heavy atom. The molecular formula is C8H16N2O2. The molecule has 0 radical (unpaired) electrons. The Hall–Kier alpha value is -0.900. The predicted molar refractivity (Wildman–Crippen MR) is 46.8 cm³/mol. The Morgan fingerprint density at radius 3 is 2.58 bits per heavy atom. The highest BCUT2D eigenvalue weighted by Crippen LogP contribution is 1.96. The van der Waals surface area contributed by atoms with E-state index in [9.17, 15) is 9.59 Å². The smallest absolute Gasteiger partial charge is 0.216 e. The standard InChI is InChI=1S/C8H16N2O2/c1-7(12)10-6-8(3-4-11)5-9-2/h4,8-9H,3,5-6H2,1-2H3,(H,10,12). The Morgan fingerprint density at radius 1 is 1.50 bits per heavy atom. The average molecular weight is 172 g/mol. The van der Waals surface area contributed by atoms with Gasteiger partial charge in [-0.15, -0.1) is 0 Å². The van der Waals surface area contributed by atoms with Crippen molar-refractivity contribution in [3.63, 3.8) is 0 Å². The van der Waals surface area contributed by atoms with E-state index in [4.69, 9.17) is 0 Å². The molecule has 0 spiro atoms. The van der Waals surface area contributed by atoms with Crippen LogP contribution in [0.3, 0.4) is 0 Å². The first-order chi connectivity index (χ1) is 5.70. The molecule has 4 nitrogen and oxygen atoms in total. The number of hydrogen-bond donors (Lipinski definition) is 2. The van der Waals surface area contributed by atoms with E-state index in [0.29, 0.717) is 13.0 Å². The minimum atomic E-state index is -0.0537. The first kappa shape index (κ1) is 11.1. The molecule has 1 amide bonds. The van der Waals surface area contributed by atoms with Crippen LogP contribution in [0.1, 0.15) is 13.3 Å². The summed E-state index contributed by atoms with van der Waals surface area (Å²) in [6, 6.07) is 0. The topological polar surface area (TPSA) is 58.2 Å². The molecule has 0 aromatic heterocycles. The van der Waals surface area contributed by atoms with Crippen molar-refractivity contribution in [2.45, 2.75) is 13.3 Å². The van der Waals surface area contributed by atoms with Crippen LogP contribution in [0.15, 0.2) is 0 Å². The van der Waals surface area contributed by atoms with Crippen LogP contribution < -0.4 is 10.6 Å². The second-order valence-corrected chi connectivity index (χ2v) is 2.76. The largest absolute Gasteiger partial charge is 0.356 e. The van der Waals surface area contributed by atoms with Gasteiger partial charge >= 0.3 is 0 Å². The molecule has 0 rings (SSSR count). The fourth-order valence-corrected chi connectivity index (χ4v) is 0.952. The zero-order chi connectivity index (χ0) is 9.40. The van der Waals surface area contributed by atoms with Crippen molar-refractivity contribution in [1.82, 2.24) is 10.6 Å². The highest BCUT2D eigenvalue weighted by atomic mass is 16.1. The van der Waals surface area contributed by atoms with Crippen molar-refractivity contribution in [2.75, 3.05) is 20.1 Å². The molecule has 0 aromatic carbocycles. The summed E-state index contributed by atoms with van der Waals surface area (Å²) in [4.78, 5) is 20.7. The van der Waals surface area contributed by atoms with Gasteiger partial charge in [0.05, 0.1) is 0 Å². The van der Waals surface area contributed by atoms with Gasteiger partial charge in [-0.3, -0.25) is 4.79 Å². The van der Waals surface area contributed by atoms with Crippen LogP contribution in [0.2, 0.25) is 0 Å². The summed E-state index contributed by atoms with van der Waals surface area (Å²) in [5.74, 6) is 0.151. The van der Waals surface area contributed by atoms with Gasteiger partial charge < -0.3 is 15.4 Å². The molecule has 0 saturated heterocycles. The quantitative estimate of drug-likeness (QED) is 0.533. The lowest BCUT2D eigenvalue weighted by atomic mass is 10.1. The van der Waals surface area contributed by atoms with Gasteiger partial charge in [-0.1, -0.05) is 0 Å². The van der Waals surface area contributed by atoms with Gasteiger partial charge in [-0.25, -0.2) is 0 Å². The lowest BCUT2D eigenvalue weighted by Gasteiger charge is -2.13. The van der Waals surface area contributed by atoms with Gasteiger partial charge in [-0.2, -0.15) is 0 Å². The van der Waals surface area contributed by atoms with E-state index in [0.717, 1.165) is 12.8 Å². The van der Waals surface area contributed by atoms with Gasteiger partial charge in [0.15, 0.2) is 0 Å². The van der Waals surface area contributed by atoms with E-state index in [1.165, 1.54) is 6.92 Å². The summed E-state index contributed by atoms with van der Waals surface area (Å²) < 4.78 is 0. The molecule has 0 aliphatic heterocycles. The molecule has 0 aliphatic carbocycles. The maximum atomic E-state index is 10.5. The normalized spacial score (nSPS) is 12.2. The number of aldehydes is 1. The summed E-state index contributed by atoms with van der Waals surface area (Å²) in [5, 5.41) is 5.64. The molecule has 0 bridgehead atoms. The molecule has 4 heteroatoms. The third-order valence-corrected chi connectivity index (χ3v) is 1.56. The van der Waals surface area contributed by atoms with E-state index in [1.54, 1.807) is 0 Å². The van der Waals surface area contributed by atoms with E-state index in [-0.39, 0.29) is 11.8 Å². The van der Waals surface area contributed by atoms with E-state index in [2.05, 4.69) is 10.6 Å². The van der Waals surface area contributed by atoms with Crippen LogP contribution in [0, 0.1) is 5.92 Å². The van der Waals surface area contributed by atoms with Gasteiger partial charge in [0.2, 0.25) is 5.91 Å². The molecule has 1 unspecified atom stereocenters. The third-order valence-electron chi connectivity index (χ3n) is 1.56. The van der Waals surface area contributed by atoms with E-state index in [1.807, 2.05) is 7.05 Å². The van der Waals surface area contributed by atoms with Crippen molar-refractivity contribution >= 4 is 12.2 Å². The van der Waals surface area contributed by atoms with Crippen LogP contribution >= 0.6 is 0 Å². The van der Waals surface area contributed by atoms with Crippen LogP contribution in [-0.4, -0.2) is 32.3 Å². The second kappa shape index (κ2) is 6.79. The highest BCUT2D eigenvalue weighted by Gasteiger charge is 2.06. The monoisotopic (exact) mass is 172 g/mol. The van der Waals surface area contributed by atoms with Crippen molar-refractivity contribution in [2.24, 2.45) is 5.92 Å². The molecule has 0 fully saturated rings. The Balaban J connectivity index is 3.61. The van der Waals surface area contributed by atoms with Gasteiger partial charge in [0, 0.05) is 19.9 Å². The number of carbonyl (C=O) groups is 2. The summed E-state index contributed by atoms with van der Waals surface area (Å²) in [6.07, 6.45) is 1.37. The van der Waals surface area contributed by atoms with Crippen LogP contribution in [0.4, 0.5) is 0 Å². The summed E-state index contributed by atoms with van der Waals surface area (Å²) in [6.45, 7) is 2.78. The molecule has 0 aromatic rings. The lowest BCUT2D eigenvalue weighted by Crippen LogP contribution is -2.32. The first-order valence-electron chi connectivity index (χ1n) is 4.03. The van der Waals surface area contributed by atoms with Gasteiger partial charge in [-0.05, 0) is 19.5 Å². The number of rotatable bonds is 6. The molecular weight excluding hydrogens is 156 g/mol. The Kier molecular flexibility index (Phi) is 6.28. The number of hydrogen-bond acceptors (Lipinski definition) is 3. The Bertz CT molecular complexity index is 148. The number of nitrogens with one attached hydrogen (secondary N) is 2. The molecule has 2 N–H and O–H groups in total. The number of amides is 1. The van der Waals surface area contributed by atoms with Crippen molar-refractivity contribution in [3.05, 3.63) is 0 Å². The predicted octanol–water partition coefficient (Wildman–Crippen LogP) is -0.453. The molecule has 0 heterocycles. The summed E-state index contributed by atoms with van der Waals surface area (Å²) in [5.41, 5.74) is 0. The van der Waals surface area contributed by atoms with Crippen LogP contribution in [-0.2, 0) is 9.59 Å². The summed E-state index contributed by atoms with van der Waals surface area (Å²) >= 11 is 0. The molecule has 0 aliphatic rings. The first-order valence-corrected chi connectivity index (χ1v) is 4.03. The molecule has 12 heavy (non-hydrogen) atoms. The zero-order valence-electron chi connectivity index (χ0n) is 7.59. The van der Waals surface area contributed by atoms with Crippen LogP contribution in [0.25, 0.3) is 0 Å². The maximum absolute atomic E-state index is 10.5. The van der Waals surface area contributed by atoms with Gasteiger partial charge in [0.25, 0.3) is 0 Å². The van der Waals surface area contributed by atoms with E-state index >= 15 is 0 Å². The van der Waals surface area contributed by atoms with Gasteiger partial charge in [0.1, 0.15) is 6.29 Å². The van der Waals surface area contributed by atoms with E-state index < -0.39 is 0 Å². The number of carbonyl (C=O) groups excluding carboxylic acids is 2. The minimum Gasteiger partial charge on any atom is -0.356 e. The lowest BCUT2D eigenvalue weighted by molar-refractivity contribution is -0.119. The SMILES string of the molecule is CNCC(CC=O)CNC(C)=O. The maximum Gasteiger partial charge on any atom is 0.216 e. The molecule has 1 atom stereocenters. The summed E-state index contributed by atoms with van der Waals surface area (Å²) in [7, 11) is 1.82. The third kappa shape index (κ3) is 5.85. The molecule has 0 saturated carbocycles. The average Bonchev–Trinajstić information content (AvgIpc) is 2.01. The zero-order valence-corrected chi connectivity index (χ0v) is 7.59.